The van der Waals surface area contributed by atoms with E-state index < -0.39 is 0 Å². The Labute approximate surface area is 74.1 Å². The fourth-order valence-electron chi connectivity index (χ4n) is 1.83. The van der Waals surface area contributed by atoms with Crippen LogP contribution in [0.15, 0.2) is 0 Å². The fourth-order valence-corrected chi connectivity index (χ4v) is 1.83. The van der Waals surface area contributed by atoms with Crippen LogP contribution in [0.25, 0.3) is 0 Å². The summed E-state index contributed by atoms with van der Waals surface area (Å²) in [4.78, 5) is 13.1. The van der Waals surface area contributed by atoms with Crippen LogP contribution >= 0.6 is 0 Å². The second kappa shape index (κ2) is 3.90. The van der Waals surface area contributed by atoms with Crippen LogP contribution in [-0.2, 0) is 4.79 Å². The van der Waals surface area contributed by atoms with Gasteiger partial charge in [-0.1, -0.05) is 6.92 Å². The number of carbonyl (C=O) groups is 1. The summed E-state index contributed by atoms with van der Waals surface area (Å²) in [5, 5.41) is 2.99. The Morgan fingerprint density at radius 2 is 2.25 bits per heavy atom. The van der Waals surface area contributed by atoms with Gasteiger partial charge in [0.15, 0.2) is 0 Å². The number of carbonyl (C=O) groups excluding carboxylic acids is 1. The van der Waals surface area contributed by atoms with E-state index in [1.54, 1.807) is 6.92 Å². The van der Waals surface area contributed by atoms with Crippen LogP contribution in [0.5, 0.6) is 0 Å². The van der Waals surface area contributed by atoms with Crippen LogP contribution in [0.1, 0.15) is 20.3 Å². The zero-order chi connectivity index (χ0) is 9.14. The molecule has 1 saturated heterocycles. The number of piperidine rings is 1. The van der Waals surface area contributed by atoms with Crippen LogP contribution in [-0.4, -0.2) is 37.0 Å². The van der Waals surface area contributed by atoms with Crippen LogP contribution in [0.4, 0.5) is 0 Å². The smallest absolute Gasteiger partial charge is 0.217 e. The lowest BCUT2D eigenvalue weighted by Crippen LogP contribution is -2.48. The lowest BCUT2D eigenvalue weighted by molar-refractivity contribution is -0.120. The van der Waals surface area contributed by atoms with Crippen molar-refractivity contribution in [2.24, 2.45) is 5.92 Å². The van der Waals surface area contributed by atoms with Crippen molar-refractivity contribution in [3.8, 4) is 0 Å². The standard InChI is InChI=1S/C9H18N2O/c1-7-6-11(3)5-4-9(7)10-8(2)12/h7,9H,4-6H2,1-3H3,(H,10,12). The van der Waals surface area contributed by atoms with Gasteiger partial charge in [0.05, 0.1) is 0 Å². The van der Waals surface area contributed by atoms with Gasteiger partial charge in [0, 0.05) is 19.5 Å². The average molecular weight is 170 g/mol. The van der Waals surface area contributed by atoms with Gasteiger partial charge >= 0.3 is 0 Å². The Hall–Kier alpha value is -0.570. The van der Waals surface area contributed by atoms with Gasteiger partial charge in [-0.25, -0.2) is 0 Å². The van der Waals surface area contributed by atoms with E-state index in [9.17, 15) is 4.79 Å². The molecular formula is C9H18N2O. The Kier molecular flexibility index (Phi) is 3.09. The molecular weight excluding hydrogens is 152 g/mol. The minimum Gasteiger partial charge on any atom is -0.353 e. The predicted octanol–water partition coefficient (Wildman–Crippen LogP) is 0.463. The van der Waals surface area contributed by atoms with Crippen molar-refractivity contribution < 1.29 is 4.79 Å². The summed E-state index contributed by atoms with van der Waals surface area (Å²) in [5.74, 6) is 0.670. The third-order valence-corrected chi connectivity index (χ3v) is 2.50. The third kappa shape index (κ3) is 2.48. The highest BCUT2D eigenvalue weighted by atomic mass is 16.1. The quantitative estimate of drug-likeness (QED) is 0.620. The zero-order valence-corrected chi connectivity index (χ0v) is 8.13. The van der Waals surface area contributed by atoms with Crippen molar-refractivity contribution in [3.05, 3.63) is 0 Å². The van der Waals surface area contributed by atoms with Crippen LogP contribution < -0.4 is 5.32 Å². The van der Waals surface area contributed by atoms with Gasteiger partial charge in [0.25, 0.3) is 0 Å². The van der Waals surface area contributed by atoms with Gasteiger partial charge < -0.3 is 10.2 Å². The minimum absolute atomic E-state index is 0.0939. The average Bonchev–Trinajstić information content (AvgIpc) is 1.94. The number of amides is 1. The molecule has 1 fully saturated rings. The van der Waals surface area contributed by atoms with Crippen molar-refractivity contribution in [3.63, 3.8) is 0 Å². The number of hydrogen-bond acceptors (Lipinski definition) is 2. The molecule has 0 aromatic rings. The summed E-state index contributed by atoms with van der Waals surface area (Å²) < 4.78 is 0. The normalized spacial score (nSPS) is 31.6. The lowest BCUT2D eigenvalue weighted by Gasteiger charge is -2.34. The Morgan fingerprint density at radius 1 is 1.58 bits per heavy atom. The van der Waals surface area contributed by atoms with Gasteiger partial charge in [-0.2, -0.15) is 0 Å². The molecule has 0 aromatic carbocycles. The third-order valence-electron chi connectivity index (χ3n) is 2.50. The largest absolute Gasteiger partial charge is 0.353 e. The summed E-state index contributed by atoms with van der Waals surface area (Å²) in [6.45, 7) is 5.96. The summed E-state index contributed by atoms with van der Waals surface area (Å²) in [6.07, 6.45) is 1.08. The lowest BCUT2D eigenvalue weighted by atomic mass is 9.94. The maximum absolute atomic E-state index is 10.8. The molecule has 1 N–H and O–H groups in total. The maximum Gasteiger partial charge on any atom is 0.217 e. The number of nitrogens with zero attached hydrogens (tertiary/aromatic N) is 1. The molecule has 1 aliphatic heterocycles. The Balaban J connectivity index is 2.39. The number of likely N-dealkylation sites (tertiary alicyclic amines) is 1. The molecule has 0 radical (unpaired) electrons. The van der Waals surface area contributed by atoms with Gasteiger partial charge in [-0.3, -0.25) is 4.79 Å². The maximum atomic E-state index is 10.8. The van der Waals surface area contributed by atoms with Crippen molar-refractivity contribution in [1.29, 1.82) is 0 Å². The summed E-state index contributed by atoms with van der Waals surface area (Å²) in [5.41, 5.74) is 0. The van der Waals surface area contributed by atoms with E-state index in [1.165, 1.54) is 0 Å². The topological polar surface area (TPSA) is 32.3 Å². The van der Waals surface area contributed by atoms with Crippen molar-refractivity contribution >= 4 is 5.91 Å². The number of nitrogens with one attached hydrogen (secondary N) is 1. The van der Waals surface area contributed by atoms with E-state index in [4.69, 9.17) is 0 Å². The zero-order valence-electron chi connectivity index (χ0n) is 8.13. The predicted molar refractivity (Wildman–Crippen MR) is 48.9 cm³/mol. The molecule has 12 heavy (non-hydrogen) atoms. The van der Waals surface area contributed by atoms with E-state index >= 15 is 0 Å². The van der Waals surface area contributed by atoms with Gasteiger partial charge in [0.1, 0.15) is 0 Å². The first kappa shape index (κ1) is 9.52. The molecule has 1 amide bonds. The first-order valence-corrected chi connectivity index (χ1v) is 4.55. The van der Waals surface area contributed by atoms with E-state index in [-0.39, 0.29) is 5.91 Å². The van der Waals surface area contributed by atoms with Gasteiger partial charge in [0.2, 0.25) is 5.91 Å². The molecule has 0 bridgehead atoms. The Bertz CT molecular complexity index is 170. The summed E-state index contributed by atoms with van der Waals surface area (Å²) >= 11 is 0. The molecule has 2 atom stereocenters. The monoisotopic (exact) mass is 170 g/mol. The van der Waals surface area contributed by atoms with E-state index in [2.05, 4.69) is 24.2 Å². The highest BCUT2D eigenvalue weighted by Gasteiger charge is 2.24. The van der Waals surface area contributed by atoms with Crippen LogP contribution in [0, 0.1) is 5.92 Å². The number of hydrogen-bond donors (Lipinski definition) is 1. The molecule has 0 aromatic heterocycles. The molecule has 1 heterocycles. The van der Waals surface area contributed by atoms with Gasteiger partial charge in [-0.15, -0.1) is 0 Å². The molecule has 0 spiro atoms. The fraction of sp³-hybridized carbons (Fsp3) is 0.889. The van der Waals surface area contributed by atoms with Crippen molar-refractivity contribution in [1.82, 2.24) is 10.2 Å². The highest BCUT2D eigenvalue weighted by Crippen LogP contribution is 2.14. The van der Waals surface area contributed by atoms with Crippen molar-refractivity contribution in [2.75, 3.05) is 20.1 Å². The minimum atomic E-state index is 0.0939. The van der Waals surface area contributed by atoms with Gasteiger partial charge in [-0.05, 0) is 25.9 Å². The van der Waals surface area contributed by atoms with Crippen LogP contribution in [0.3, 0.4) is 0 Å². The SMILES string of the molecule is CC(=O)NC1CCN(C)CC1C. The van der Waals surface area contributed by atoms with E-state index in [0.717, 1.165) is 19.5 Å². The molecule has 2 unspecified atom stereocenters. The molecule has 3 heteroatoms. The van der Waals surface area contributed by atoms with Crippen LogP contribution in [0.2, 0.25) is 0 Å². The first-order chi connectivity index (χ1) is 5.59. The highest BCUT2D eigenvalue weighted by molar-refractivity contribution is 5.73. The second-order valence-corrected chi connectivity index (χ2v) is 3.84. The molecule has 0 saturated carbocycles. The van der Waals surface area contributed by atoms with E-state index in [0.29, 0.717) is 12.0 Å². The molecule has 1 aliphatic rings. The second-order valence-electron chi connectivity index (χ2n) is 3.84. The van der Waals surface area contributed by atoms with Crippen molar-refractivity contribution in [2.45, 2.75) is 26.3 Å². The molecule has 3 nitrogen and oxygen atoms in total. The number of rotatable bonds is 1. The Morgan fingerprint density at radius 3 is 2.75 bits per heavy atom. The van der Waals surface area contributed by atoms with E-state index in [1.807, 2.05) is 0 Å². The first-order valence-electron chi connectivity index (χ1n) is 4.55. The molecule has 1 rings (SSSR count). The summed E-state index contributed by atoms with van der Waals surface area (Å²) in [7, 11) is 2.13. The molecule has 70 valence electrons. The summed E-state index contributed by atoms with van der Waals surface area (Å²) in [6, 6.07) is 0.388. The molecule has 0 aliphatic carbocycles.